The molecule has 1 N–H and O–H groups in total. The smallest absolute Gasteiger partial charge is 0.265 e. The second-order valence-corrected chi connectivity index (χ2v) is 5.58. The number of piperidine rings is 1. The molecule has 2 atom stereocenters. The standard InChI is InChI=1S/C15H21ClN2O/c1-11-5-3-6-12(2)18(11)17-15(19)14-8-4-7-13(9-14)10-16/h4,7-9,11-12H,3,5-6,10H2,1-2H3,(H,17,19). The first-order valence-corrected chi connectivity index (χ1v) is 7.39. The van der Waals surface area contributed by atoms with E-state index in [2.05, 4.69) is 24.3 Å². The molecule has 4 heteroatoms. The van der Waals surface area contributed by atoms with Crippen LogP contribution in [0.5, 0.6) is 0 Å². The molecular formula is C15H21ClN2O. The maximum atomic E-state index is 12.3. The number of alkyl halides is 1. The number of nitrogens with zero attached hydrogens (tertiary/aromatic N) is 1. The third-order valence-corrected chi connectivity index (χ3v) is 4.08. The lowest BCUT2D eigenvalue weighted by atomic mass is 10.00. The molecule has 0 saturated carbocycles. The lowest BCUT2D eigenvalue weighted by Gasteiger charge is -2.38. The summed E-state index contributed by atoms with van der Waals surface area (Å²) in [4.78, 5) is 12.3. The number of carbonyl (C=O) groups excluding carboxylic acids is 1. The molecule has 19 heavy (non-hydrogen) atoms. The van der Waals surface area contributed by atoms with Crippen molar-refractivity contribution in [2.45, 2.75) is 51.1 Å². The Kier molecular flexibility index (Phi) is 4.83. The zero-order valence-corrected chi connectivity index (χ0v) is 12.3. The summed E-state index contributed by atoms with van der Waals surface area (Å²) < 4.78 is 0. The number of hydrogen-bond donors (Lipinski definition) is 1. The topological polar surface area (TPSA) is 32.3 Å². The van der Waals surface area contributed by atoms with Gasteiger partial charge in [-0.3, -0.25) is 10.2 Å². The van der Waals surface area contributed by atoms with Crippen molar-refractivity contribution < 1.29 is 4.79 Å². The molecule has 1 aromatic carbocycles. The molecule has 0 radical (unpaired) electrons. The van der Waals surface area contributed by atoms with Crippen LogP contribution in [-0.2, 0) is 5.88 Å². The van der Waals surface area contributed by atoms with E-state index in [1.165, 1.54) is 6.42 Å². The Morgan fingerprint density at radius 2 is 2.05 bits per heavy atom. The van der Waals surface area contributed by atoms with Crippen molar-refractivity contribution >= 4 is 17.5 Å². The van der Waals surface area contributed by atoms with Crippen molar-refractivity contribution in [1.82, 2.24) is 10.4 Å². The minimum Gasteiger partial charge on any atom is -0.284 e. The van der Waals surface area contributed by atoms with E-state index in [-0.39, 0.29) is 5.91 Å². The van der Waals surface area contributed by atoms with Gasteiger partial charge in [-0.2, -0.15) is 0 Å². The molecule has 2 unspecified atom stereocenters. The molecule has 2 rings (SSSR count). The first kappa shape index (κ1) is 14.4. The lowest BCUT2D eigenvalue weighted by Crippen LogP contribution is -2.54. The zero-order chi connectivity index (χ0) is 13.8. The Labute approximate surface area is 119 Å². The number of hydrogen-bond acceptors (Lipinski definition) is 2. The largest absolute Gasteiger partial charge is 0.284 e. The van der Waals surface area contributed by atoms with Gasteiger partial charge in [0.2, 0.25) is 0 Å². The van der Waals surface area contributed by atoms with Gasteiger partial charge in [0.05, 0.1) is 0 Å². The molecule has 1 aliphatic heterocycles. The molecule has 0 aromatic heterocycles. The van der Waals surface area contributed by atoms with Crippen LogP contribution < -0.4 is 5.43 Å². The molecule has 0 spiro atoms. The quantitative estimate of drug-likeness (QED) is 0.862. The van der Waals surface area contributed by atoms with Crippen LogP contribution in [0.3, 0.4) is 0 Å². The molecule has 0 aliphatic carbocycles. The lowest BCUT2D eigenvalue weighted by molar-refractivity contribution is 0.0369. The Morgan fingerprint density at radius 1 is 1.37 bits per heavy atom. The summed E-state index contributed by atoms with van der Waals surface area (Å²) in [6.45, 7) is 4.32. The predicted octanol–water partition coefficient (Wildman–Crippen LogP) is 3.33. The molecule has 0 bridgehead atoms. The normalized spacial score (nSPS) is 24.2. The second kappa shape index (κ2) is 6.40. The van der Waals surface area contributed by atoms with Crippen LogP contribution in [0, 0.1) is 0 Å². The van der Waals surface area contributed by atoms with Crippen LogP contribution in [0.25, 0.3) is 0 Å². The van der Waals surface area contributed by atoms with Gasteiger partial charge in [-0.15, -0.1) is 11.6 Å². The number of amides is 1. The molecule has 1 aliphatic rings. The van der Waals surface area contributed by atoms with Crippen LogP contribution >= 0.6 is 11.6 Å². The van der Waals surface area contributed by atoms with Gasteiger partial charge < -0.3 is 0 Å². The molecule has 1 amide bonds. The van der Waals surface area contributed by atoms with Crippen LogP contribution in [0.2, 0.25) is 0 Å². The molecule has 1 heterocycles. The summed E-state index contributed by atoms with van der Waals surface area (Å²) in [6.07, 6.45) is 3.50. The van der Waals surface area contributed by atoms with E-state index in [1.54, 1.807) is 0 Å². The number of rotatable bonds is 3. The van der Waals surface area contributed by atoms with Crippen molar-refractivity contribution in [2.24, 2.45) is 0 Å². The third kappa shape index (κ3) is 3.48. The summed E-state index contributed by atoms with van der Waals surface area (Å²) in [5.74, 6) is 0.380. The number of hydrazine groups is 1. The van der Waals surface area contributed by atoms with Crippen molar-refractivity contribution in [1.29, 1.82) is 0 Å². The van der Waals surface area contributed by atoms with E-state index < -0.39 is 0 Å². The van der Waals surface area contributed by atoms with Gasteiger partial charge in [0.25, 0.3) is 5.91 Å². The summed E-state index contributed by atoms with van der Waals surface area (Å²) in [6, 6.07) is 8.26. The number of carbonyl (C=O) groups is 1. The maximum Gasteiger partial charge on any atom is 0.265 e. The zero-order valence-electron chi connectivity index (χ0n) is 11.5. The Balaban J connectivity index is 2.07. The molecular weight excluding hydrogens is 260 g/mol. The monoisotopic (exact) mass is 280 g/mol. The third-order valence-electron chi connectivity index (χ3n) is 3.77. The number of halogens is 1. The minimum atomic E-state index is -0.0485. The van der Waals surface area contributed by atoms with E-state index in [0.717, 1.165) is 18.4 Å². The minimum absolute atomic E-state index is 0.0485. The SMILES string of the molecule is CC1CCCC(C)N1NC(=O)c1cccc(CCl)c1. The fraction of sp³-hybridized carbons (Fsp3) is 0.533. The van der Waals surface area contributed by atoms with E-state index in [4.69, 9.17) is 11.6 Å². The first-order valence-electron chi connectivity index (χ1n) is 6.86. The van der Waals surface area contributed by atoms with Gasteiger partial charge >= 0.3 is 0 Å². The van der Waals surface area contributed by atoms with Gasteiger partial charge in [0, 0.05) is 23.5 Å². The Morgan fingerprint density at radius 3 is 2.68 bits per heavy atom. The van der Waals surface area contributed by atoms with E-state index in [0.29, 0.717) is 23.5 Å². The van der Waals surface area contributed by atoms with E-state index in [1.807, 2.05) is 24.3 Å². The van der Waals surface area contributed by atoms with Crippen LogP contribution in [0.4, 0.5) is 0 Å². The highest BCUT2D eigenvalue weighted by atomic mass is 35.5. The van der Waals surface area contributed by atoms with Gasteiger partial charge in [0.15, 0.2) is 0 Å². The van der Waals surface area contributed by atoms with Crippen LogP contribution in [0.1, 0.15) is 49.0 Å². The second-order valence-electron chi connectivity index (χ2n) is 5.31. The van der Waals surface area contributed by atoms with Gasteiger partial charge in [-0.25, -0.2) is 5.01 Å². The van der Waals surface area contributed by atoms with Crippen molar-refractivity contribution in [3.8, 4) is 0 Å². The Bertz CT molecular complexity index is 440. The average molecular weight is 281 g/mol. The highest BCUT2D eigenvalue weighted by Gasteiger charge is 2.26. The summed E-state index contributed by atoms with van der Waals surface area (Å²) in [5, 5.41) is 2.08. The van der Waals surface area contributed by atoms with Crippen molar-refractivity contribution in [2.75, 3.05) is 0 Å². The molecule has 1 fully saturated rings. The van der Waals surface area contributed by atoms with Crippen LogP contribution in [0.15, 0.2) is 24.3 Å². The fourth-order valence-corrected chi connectivity index (χ4v) is 2.79. The highest BCUT2D eigenvalue weighted by molar-refractivity contribution is 6.17. The molecule has 3 nitrogen and oxygen atoms in total. The Hall–Kier alpha value is -1.06. The molecule has 1 saturated heterocycles. The fourth-order valence-electron chi connectivity index (χ4n) is 2.62. The molecule has 1 aromatic rings. The molecule has 104 valence electrons. The average Bonchev–Trinajstić information content (AvgIpc) is 2.43. The van der Waals surface area contributed by atoms with Crippen LogP contribution in [-0.4, -0.2) is 23.0 Å². The van der Waals surface area contributed by atoms with Crippen molar-refractivity contribution in [3.05, 3.63) is 35.4 Å². The summed E-state index contributed by atoms with van der Waals surface area (Å²) >= 11 is 5.80. The number of benzene rings is 1. The predicted molar refractivity (Wildman–Crippen MR) is 78.1 cm³/mol. The van der Waals surface area contributed by atoms with Gasteiger partial charge in [-0.1, -0.05) is 18.6 Å². The summed E-state index contributed by atoms with van der Waals surface area (Å²) in [7, 11) is 0. The number of nitrogens with one attached hydrogen (secondary N) is 1. The van der Waals surface area contributed by atoms with Gasteiger partial charge in [-0.05, 0) is 44.4 Å². The highest BCUT2D eigenvalue weighted by Crippen LogP contribution is 2.20. The van der Waals surface area contributed by atoms with Crippen molar-refractivity contribution in [3.63, 3.8) is 0 Å². The van der Waals surface area contributed by atoms with E-state index in [9.17, 15) is 4.79 Å². The first-order chi connectivity index (χ1) is 9.11. The maximum absolute atomic E-state index is 12.3. The van der Waals surface area contributed by atoms with E-state index >= 15 is 0 Å². The van der Waals surface area contributed by atoms with Gasteiger partial charge in [0.1, 0.15) is 0 Å². The summed E-state index contributed by atoms with van der Waals surface area (Å²) in [5.41, 5.74) is 4.67.